The minimum atomic E-state index is -5.32. The number of nitrogens with one attached hydrogen (secondary N) is 2. The fraction of sp³-hybridized carbons (Fsp3) is 0.457. The molecule has 5 heterocycles. The van der Waals surface area contributed by atoms with Crippen LogP contribution in [0.1, 0.15) is 43.4 Å². The summed E-state index contributed by atoms with van der Waals surface area (Å²) in [5, 5.41) is 4.06. The van der Waals surface area contributed by atoms with Crippen molar-refractivity contribution < 1.29 is 38.0 Å². The van der Waals surface area contributed by atoms with Crippen LogP contribution in [0.25, 0.3) is 16.5 Å². The van der Waals surface area contributed by atoms with Gasteiger partial charge in [-0.25, -0.2) is 9.09 Å². The Balaban J connectivity index is 1.20. The van der Waals surface area contributed by atoms with E-state index < -0.39 is 55.2 Å². The minimum Gasteiger partial charge on any atom is -0.361 e. The van der Waals surface area contributed by atoms with Crippen LogP contribution < -0.4 is 5.32 Å². The second kappa shape index (κ2) is 11.3. The van der Waals surface area contributed by atoms with E-state index in [4.69, 9.17) is 9.26 Å². The molecular weight excluding hydrogens is 649 g/mol. The van der Waals surface area contributed by atoms with E-state index in [2.05, 4.69) is 21.3 Å². The number of phosphoric ester groups is 1. The first-order chi connectivity index (χ1) is 23.3. The number of hydrogen-bond acceptors (Lipinski definition) is 7. The Morgan fingerprint density at radius 1 is 1.16 bits per heavy atom. The molecule has 49 heavy (non-hydrogen) atoms. The van der Waals surface area contributed by atoms with Crippen LogP contribution in [0.4, 0.5) is 0 Å². The molecule has 3 amide bonds. The molecule has 5 aliphatic rings. The van der Waals surface area contributed by atoms with Gasteiger partial charge in [0, 0.05) is 48.6 Å². The van der Waals surface area contributed by atoms with Gasteiger partial charge in [0.2, 0.25) is 17.5 Å². The summed E-state index contributed by atoms with van der Waals surface area (Å²) >= 11 is 0. The van der Waals surface area contributed by atoms with Crippen LogP contribution >= 0.6 is 7.82 Å². The highest BCUT2D eigenvalue weighted by Crippen LogP contribution is 2.56. The van der Waals surface area contributed by atoms with Gasteiger partial charge >= 0.3 is 7.82 Å². The summed E-state index contributed by atoms with van der Waals surface area (Å²) in [6.45, 7) is 4.07. The number of hydrogen-bond donors (Lipinski definition) is 4. The van der Waals surface area contributed by atoms with Crippen molar-refractivity contribution in [2.45, 2.75) is 69.3 Å². The molecule has 3 fully saturated rings. The van der Waals surface area contributed by atoms with E-state index in [9.17, 15) is 28.7 Å². The van der Waals surface area contributed by atoms with Crippen LogP contribution in [-0.2, 0) is 41.1 Å². The number of phosphoric acid groups is 1. The smallest absolute Gasteiger partial charge is 0.361 e. The fourth-order valence-electron chi connectivity index (χ4n) is 8.73. The molecule has 0 spiro atoms. The number of nitrogens with zero attached hydrogens (tertiary/aromatic N) is 3. The van der Waals surface area contributed by atoms with Crippen molar-refractivity contribution >= 4 is 42.0 Å². The number of amides is 3. The van der Waals surface area contributed by atoms with Crippen LogP contribution in [0.3, 0.4) is 0 Å². The highest BCUT2D eigenvalue weighted by molar-refractivity contribution is 7.46. The largest absolute Gasteiger partial charge is 0.473 e. The zero-order valence-corrected chi connectivity index (χ0v) is 28.4. The number of aromatic nitrogens is 1. The van der Waals surface area contributed by atoms with Crippen molar-refractivity contribution in [2.24, 2.45) is 11.8 Å². The molecule has 4 aliphatic heterocycles. The second-order valence-electron chi connectivity index (χ2n) is 14.2. The Hall–Kier alpha value is -3.84. The molecular formula is C35H40N5O8P. The lowest BCUT2D eigenvalue weighted by molar-refractivity contribution is -0.311. The van der Waals surface area contributed by atoms with Crippen LogP contribution in [-0.4, -0.2) is 97.1 Å². The van der Waals surface area contributed by atoms with Gasteiger partial charge in [-0.2, -0.15) is 0 Å². The van der Waals surface area contributed by atoms with E-state index in [1.54, 1.807) is 13.8 Å². The van der Waals surface area contributed by atoms with Gasteiger partial charge in [0.1, 0.15) is 12.1 Å². The average molecular weight is 690 g/mol. The first-order valence-electron chi connectivity index (χ1n) is 16.8. The molecule has 1 aliphatic carbocycles. The lowest BCUT2D eigenvalue weighted by atomic mass is 9.79. The lowest BCUT2D eigenvalue weighted by Crippen LogP contribution is -2.72. The zero-order chi connectivity index (χ0) is 34.5. The monoisotopic (exact) mass is 689 g/mol. The van der Waals surface area contributed by atoms with Crippen molar-refractivity contribution in [3.63, 3.8) is 0 Å². The summed E-state index contributed by atoms with van der Waals surface area (Å²) in [6, 6.07) is 13.0. The van der Waals surface area contributed by atoms with Crippen molar-refractivity contribution in [1.82, 2.24) is 25.0 Å². The maximum atomic E-state index is 14.9. The number of likely N-dealkylation sites (N-methyl/N-ethyl adjacent to an activating group) is 1. The highest BCUT2D eigenvalue weighted by atomic mass is 31.2. The Morgan fingerprint density at radius 2 is 1.94 bits per heavy atom. The third kappa shape index (κ3) is 4.93. The number of H-pyrrole nitrogens is 1. The van der Waals surface area contributed by atoms with E-state index in [0.29, 0.717) is 19.5 Å². The van der Waals surface area contributed by atoms with Crippen molar-refractivity contribution in [3.8, 4) is 0 Å². The highest BCUT2D eigenvalue weighted by Gasteiger charge is 2.74. The number of rotatable bonds is 7. The van der Waals surface area contributed by atoms with Crippen molar-refractivity contribution in [2.75, 3.05) is 20.1 Å². The van der Waals surface area contributed by atoms with E-state index >= 15 is 0 Å². The number of carbonyl (C=O) groups excluding carboxylic acids is 3. The SMILES string of the molecule is CC(C)[C@@]1(NC(=O)[C@@H]2C=C3c4cccc5[nH]cc(c45)C[C@H]3N(C)C2)O[C@@]2(OP(=O)(O)O)[C@@H]3CCCN3C(=O)[C@H](Cc3ccccc3)N2C1=O. The molecule has 3 aromatic rings. The summed E-state index contributed by atoms with van der Waals surface area (Å²) in [4.78, 5) is 72.1. The topological polar surface area (TPSA) is 165 Å². The number of ether oxygens (including phenoxy) is 1. The van der Waals surface area contributed by atoms with Gasteiger partial charge in [-0.3, -0.25) is 28.9 Å². The van der Waals surface area contributed by atoms with Gasteiger partial charge < -0.3 is 25.0 Å². The molecule has 2 aromatic carbocycles. The number of carbonyl (C=O) groups is 3. The van der Waals surface area contributed by atoms with E-state index in [-0.39, 0.29) is 24.8 Å². The third-order valence-electron chi connectivity index (χ3n) is 11.0. The first kappa shape index (κ1) is 32.4. The summed E-state index contributed by atoms with van der Waals surface area (Å²) in [7, 11) is -3.35. The normalized spacial score (nSPS) is 31.2. The molecule has 1 aromatic heterocycles. The Labute approximate surface area is 283 Å². The Morgan fingerprint density at radius 3 is 2.67 bits per heavy atom. The predicted molar refractivity (Wildman–Crippen MR) is 178 cm³/mol. The molecule has 6 atom stereocenters. The van der Waals surface area contributed by atoms with Gasteiger partial charge in [-0.1, -0.05) is 62.4 Å². The fourth-order valence-corrected chi connectivity index (χ4v) is 9.32. The maximum absolute atomic E-state index is 14.9. The molecule has 0 saturated carbocycles. The molecule has 4 N–H and O–H groups in total. The Bertz CT molecular complexity index is 1940. The number of piperazine rings is 1. The number of benzene rings is 2. The summed E-state index contributed by atoms with van der Waals surface area (Å²) in [5.74, 6) is -5.36. The summed E-state index contributed by atoms with van der Waals surface area (Å²) in [5.41, 5.74) is 2.97. The standard InChI is InChI=1S/C35H40N5O8P/c1-20(2)34(37-31(41)23-16-25-24-11-7-12-26-30(24)22(18-36-26)17-27(25)38(3)19-23)33(43)40-28(15-21-9-5-4-6-10-21)32(42)39-14-8-13-29(39)35(40,47-34)48-49(44,45)46/h4-7,9-12,16,18,20,23,27-29,36H,8,13-15,17,19H2,1-3H3,(H,37,41)(H2,44,45,46)/t23-,27-,28+,29+,34-,35-/m1/s1. The molecule has 3 saturated heterocycles. The van der Waals surface area contributed by atoms with Gasteiger partial charge in [0.25, 0.3) is 11.8 Å². The summed E-state index contributed by atoms with van der Waals surface area (Å²) in [6.07, 6.45) is 5.65. The molecule has 0 bridgehead atoms. The van der Waals surface area contributed by atoms with Gasteiger partial charge in [0.15, 0.2) is 0 Å². The van der Waals surface area contributed by atoms with Gasteiger partial charge in [0.05, 0.1) is 5.92 Å². The molecule has 13 nitrogen and oxygen atoms in total. The molecule has 0 unspecified atom stereocenters. The second-order valence-corrected chi connectivity index (χ2v) is 15.4. The maximum Gasteiger partial charge on any atom is 0.473 e. The van der Waals surface area contributed by atoms with Gasteiger partial charge in [-0.15, -0.1) is 0 Å². The first-order valence-corrected chi connectivity index (χ1v) is 18.3. The van der Waals surface area contributed by atoms with Crippen LogP contribution in [0.15, 0.2) is 60.8 Å². The average Bonchev–Trinajstić information content (AvgIpc) is 3.77. The van der Waals surface area contributed by atoms with E-state index in [1.807, 2.05) is 61.8 Å². The predicted octanol–water partition coefficient (Wildman–Crippen LogP) is 2.74. The molecule has 8 rings (SSSR count). The van der Waals surface area contributed by atoms with Crippen LogP contribution in [0.5, 0.6) is 0 Å². The number of fused-ring (bicyclic) bond motifs is 5. The molecule has 14 heteroatoms. The van der Waals surface area contributed by atoms with E-state index in [1.165, 1.54) is 10.5 Å². The third-order valence-corrected chi connectivity index (χ3v) is 11.5. The lowest BCUT2D eigenvalue weighted by Gasteiger charge is -2.50. The van der Waals surface area contributed by atoms with Crippen molar-refractivity contribution in [3.05, 3.63) is 77.5 Å². The van der Waals surface area contributed by atoms with Crippen LogP contribution in [0, 0.1) is 11.8 Å². The van der Waals surface area contributed by atoms with Crippen molar-refractivity contribution in [1.29, 1.82) is 0 Å². The summed E-state index contributed by atoms with van der Waals surface area (Å²) < 4.78 is 24.8. The van der Waals surface area contributed by atoms with E-state index in [0.717, 1.165) is 38.9 Å². The quantitative estimate of drug-likeness (QED) is 0.273. The molecule has 0 radical (unpaired) electrons. The Kier molecular flexibility index (Phi) is 7.49. The van der Waals surface area contributed by atoms with Crippen LogP contribution in [0.2, 0.25) is 0 Å². The zero-order valence-electron chi connectivity index (χ0n) is 27.5. The number of aromatic amines is 1. The molecule has 258 valence electrons. The minimum absolute atomic E-state index is 0.0555. The van der Waals surface area contributed by atoms with Gasteiger partial charge in [-0.05, 0) is 54.6 Å².